The van der Waals surface area contributed by atoms with E-state index in [0.29, 0.717) is 18.4 Å². The number of carbonyl (C=O) groups excluding carboxylic acids is 1. The Bertz CT molecular complexity index is 244. The Morgan fingerprint density at radius 3 is 2.76 bits per heavy atom. The summed E-state index contributed by atoms with van der Waals surface area (Å²) in [5.41, 5.74) is 5.80. The van der Waals surface area contributed by atoms with Crippen molar-refractivity contribution in [2.45, 2.75) is 58.1 Å². The lowest BCUT2D eigenvalue weighted by molar-refractivity contribution is -0.123. The average Bonchev–Trinajstić information content (AvgIpc) is 2.25. The molecule has 4 nitrogen and oxygen atoms in total. The molecule has 1 amide bonds. The summed E-state index contributed by atoms with van der Waals surface area (Å²) in [6, 6.07) is -0.400. The summed E-state index contributed by atoms with van der Waals surface area (Å²) in [5, 5.41) is 12.4. The van der Waals surface area contributed by atoms with Crippen molar-refractivity contribution >= 4 is 5.91 Å². The van der Waals surface area contributed by atoms with Crippen LogP contribution >= 0.6 is 0 Å². The number of carbonyl (C=O) groups is 1. The van der Waals surface area contributed by atoms with Crippen LogP contribution in [-0.4, -0.2) is 29.7 Å². The van der Waals surface area contributed by atoms with Crippen LogP contribution in [0.2, 0.25) is 0 Å². The Kier molecular flexibility index (Phi) is 5.92. The average molecular weight is 242 g/mol. The van der Waals surface area contributed by atoms with Gasteiger partial charge >= 0.3 is 0 Å². The zero-order chi connectivity index (χ0) is 12.8. The highest BCUT2D eigenvalue weighted by molar-refractivity contribution is 5.81. The topological polar surface area (TPSA) is 75.4 Å². The smallest absolute Gasteiger partial charge is 0.236 e. The van der Waals surface area contributed by atoms with Crippen molar-refractivity contribution in [3.05, 3.63) is 0 Å². The van der Waals surface area contributed by atoms with E-state index in [2.05, 4.69) is 19.2 Å². The molecule has 0 saturated heterocycles. The number of amides is 1. The van der Waals surface area contributed by atoms with E-state index in [0.717, 1.165) is 32.1 Å². The SMILES string of the molecule is CC(C)C[C@H](N)C(=O)NCC1CCCC(O)C1. The Morgan fingerprint density at radius 1 is 1.47 bits per heavy atom. The largest absolute Gasteiger partial charge is 0.393 e. The van der Waals surface area contributed by atoms with Crippen LogP contribution in [-0.2, 0) is 4.79 Å². The van der Waals surface area contributed by atoms with E-state index in [9.17, 15) is 9.90 Å². The van der Waals surface area contributed by atoms with E-state index in [-0.39, 0.29) is 12.0 Å². The zero-order valence-corrected chi connectivity index (χ0v) is 11.0. The van der Waals surface area contributed by atoms with Gasteiger partial charge in [-0.15, -0.1) is 0 Å². The maximum absolute atomic E-state index is 11.7. The summed E-state index contributed by atoms with van der Waals surface area (Å²) in [7, 11) is 0. The molecule has 1 fully saturated rings. The van der Waals surface area contributed by atoms with E-state index in [1.165, 1.54) is 0 Å². The molecule has 1 rings (SSSR count). The quantitative estimate of drug-likeness (QED) is 0.674. The summed E-state index contributed by atoms with van der Waals surface area (Å²) >= 11 is 0. The molecule has 2 unspecified atom stereocenters. The van der Waals surface area contributed by atoms with E-state index in [1.54, 1.807) is 0 Å². The third-order valence-electron chi connectivity index (χ3n) is 3.38. The summed E-state index contributed by atoms with van der Waals surface area (Å²) in [5.74, 6) is 0.792. The van der Waals surface area contributed by atoms with Gasteiger partial charge < -0.3 is 16.2 Å². The highest BCUT2D eigenvalue weighted by atomic mass is 16.3. The molecular weight excluding hydrogens is 216 g/mol. The number of nitrogens with two attached hydrogens (primary N) is 1. The van der Waals surface area contributed by atoms with Gasteiger partial charge in [0.1, 0.15) is 0 Å². The first kappa shape index (κ1) is 14.5. The molecular formula is C13H26N2O2. The van der Waals surface area contributed by atoms with Crippen molar-refractivity contribution in [1.29, 1.82) is 0 Å². The third kappa shape index (κ3) is 5.50. The second kappa shape index (κ2) is 6.97. The molecule has 1 saturated carbocycles. The van der Waals surface area contributed by atoms with Crippen LogP contribution in [0, 0.1) is 11.8 Å². The van der Waals surface area contributed by atoms with E-state index < -0.39 is 6.04 Å². The molecule has 0 heterocycles. The summed E-state index contributed by atoms with van der Waals surface area (Å²) in [4.78, 5) is 11.7. The molecule has 4 N–H and O–H groups in total. The minimum atomic E-state index is -0.400. The van der Waals surface area contributed by atoms with Crippen molar-refractivity contribution in [2.75, 3.05) is 6.54 Å². The van der Waals surface area contributed by atoms with Gasteiger partial charge in [0.25, 0.3) is 0 Å². The predicted octanol–water partition coefficient (Wildman–Crippen LogP) is 1.03. The highest BCUT2D eigenvalue weighted by Crippen LogP contribution is 2.23. The van der Waals surface area contributed by atoms with Crippen molar-refractivity contribution in [3.63, 3.8) is 0 Å². The van der Waals surface area contributed by atoms with Crippen LogP contribution in [0.4, 0.5) is 0 Å². The summed E-state index contributed by atoms with van der Waals surface area (Å²) < 4.78 is 0. The van der Waals surface area contributed by atoms with Crippen molar-refractivity contribution in [3.8, 4) is 0 Å². The van der Waals surface area contributed by atoms with Gasteiger partial charge in [-0.1, -0.05) is 20.3 Å². The van der Waals surface area contributed by atoms with E-state index in [4.69, 9.17) is 5.73 Å². The molecule has 1 aliphatic rings. The summed E-state index contributed by atoms with van der Waals surface area (Å²) in [6.07, 6.45) is 4.39. The van der Waals surface area contributed by atoms with Gasteiger partial charge in [-0.05, 0) is 37.5 Å². The molecule has 0 aromatic rings. The number of aliphatic hydroxyl groups excluding tert-OH is 1. The lowest BCUT2D eigenvalue weighted by Crippen LogP contribution is -2.43. The predicted molar refractivity (Wildman–Crippen MR) is 68.4 cm³/mol. The molecule has 1 aliphatic carbocycles. The van der Waals surface area contributed by atoms with Crippen LogP contribution in [0.1, 0.15) is 46.0 Å². The minimum Gasteiger partial charge on any atom is -0.393 e. The van der Waals surface area contributed by atoms with Gasteiger partial charge in [0.05, 0.1) is 12.1 Å². The fraction of sp³-hybridized carbons (Fsp3) is 0.923. The second-order valence-electron chi connectivity index (χ2n) is 5.67. The van der Waals surface area contributed by atoms with Gasteiger partial charge in [-0.25, -0.2) is 0 Å². The summed E-state index contributed by atoms with van der Waals surface area (Å²) in [6.45, 7) is 4.77. The molecule has 0 spiro atoms. The molecule has 0 radical (unpaired) electrons. The van der Waals surface area contributed by atoms with E-state index >= 15 is 0 Å². The molecule has 0 aliphatic heterocycles. The lowest BCUT2D eigenvalue weighted by Gasteiger charge is -2.26. The van der Waals surface area contributed by atoms with Gasteiger partial charge in [0.2, 0.25) is 5.91 Å². The van der Waals surface area contributed by atoms with Gasteiger partial charge in [-0.3, -0.25) is 4.79 Å². The first-order valence-electron chi connectivity index (χ1n) is 6.70. The molecule has 0 bridgehead atoms. The van der Waals surface area contributed by atoms with Gasteiger partial charge in [0, 0.05) is 6.54 Å². The molecule has 100 valence electrons. The Balaban J connectivity index is 2.22. The van der Waals surface area contributed by atoms with Crippen LogP contribution in [0.25, 0.3) is 0 Å². The molecule has 3 atom stereocenters. The van der Waals surface area contributed by atoms with Crippen LogP contribution in [0.5, 0.6) is 0 Å². The highest BCUT2D eigenvalue weighted by Gasteiger charge is 2.21. The maximum atomic E-state index is 11.7. The molecule has 0 aromatic heterocycles. The standard InChI is InChI=1S/C13H26N2O2/c1-9(2)6-12(14)13(17)15-8-10-4-3-5-11(16)7-10/h9-12,16H,3-8,14H2,1-2H3,(H,15,17)/t10?,11?,12-/m0/s1. The maximum Gasteiger partial charge on any atom is 0.236 e. The van der Waals surface area contributed by atoms with Crippen molar-refractivity contribution in [1.82, 2.24) is 5.32 Å². The second-order valence-corrected chi connectivity index (χ2v) is 5.67. The van der Waals surface area contributed by atoms with Crippen LogP contribution < -0.4 is 11.1 Å². The number of rotatable bonds is 5. The van der Waals surface area contributed by atoms with Gasteiger partial charge in [0.15, 0.2) is 0 Å². The van der Waals surface area contributed by atoms with Crippen LogP contribution in [0.15, 0.2) is 0 Å². The monoisotopic (exact) mass is 242 g/mol. The number of hydrogen-bond donors (Lipinski definition) is 3. The van der Waals surface area contributed by atoms with Crippen molar-refractivity contribution in [2.24, 2.45) is 17.6 Å². The Hall–Kier alpha value is -0.610. The fourth-order valence-electron chi connectivity index (χ4n) is 2.44. The van der Waals surface area contributed by atoms with Gasteiger partial charge in [-0.2, -0.15) is 0 Å². The van der Waals surface area contributed by atoms with Crippen LogP contribution in [0.3, 0.4) is 0 Å². The first-order chi connectivity index (χ1) is 7.99. The Labute approximate surface area is 104 Å². The molecule has 17 heavy (non-hydrogen) atoms. The van der Waals surface area contributed by atoms with Crippen molar-refractivity contribution < 1.29 is 9.90 Å². The normalized spacial score (nSPS) is 26.9. The van der Waals surface area contributed by atoms with E-state index in [1.807, 2.05) is 0 Å². The first-order valence-corrected chi connectivity index (χ1v) is 6.70. The minimum absolute atomic E-state index is 0.0567. The fourth-order valence-corrected chi connectivity index (χ4v) is 2.44. The number of hydrogen-bond acceptors (Lipinski definition) is 3. The number of aliphatic hydroxyl groups is 1. The third-order valence-corrected chi connectivity index (χ3v) is 3.38. The molecule has 0 aromatic carbocycles. The molecule has 4 heteroatoms. The number of nitrogens with one attached hydrogen (secondary N) is 1. The lowest BCUT2D eigenvalue weighted by atomic mass is 9.87. The Morgan fingerprint density at radius 2 is 2.18 bits per heavy atom. The zero-order valence-electron chi connectivity index (χ0n) is 11.0.